The minimum atomic E-state index is -1.16. The summed E-state index contributed by atoms with van der Waals surface area (Å²) in [5, 5.41) is 20.1. The lowest BCUT2D eigenvalue weighted by atomic mass is 9.91. The van der Waals surface area contributed by atoms with E-state index in [1.54, 1.807) is 0 Å². The molecule has 0 saturated heterocycles. The lowest BCUT2D eigenvalue weighted by Gasteiger charge is -2.14. The Bertz CT molecular complexity index is 698. The highest BCUT2D eigenvalue weighted by Gasteiger charge is 2.23. The molecule has 0 aromatic heterocycles. The van der Waals surface area contributed by atoms with Gasteiger partial charge in [-0.1, -0.05) is 29.8 Å². The standard InChI is InChI=1S/C15H11ClFNO4/c16-13-2-1-3-14(17)12(13)8-11(15(19)20)9-4-6-10(7-5-9)18(21)22/h1-7,11H,8H2,(H,19,20). The molecule has 1 unspecified atom stereocenters. The van der Waals surface area contributed by atoms with Crippen LogP contribution in [0.25, 0.3) is 0 Å². The number of nitrogens with zero attached hydrogens (tertiary/aromatic N) is 1. The molecule has 0 aliphatic heterocycles. The first-order valence-corrected chi connectivity index (χ1v) is 6.68. The average Bonchev–Trinajstić information content (AvgIpc) is 2.46. The molecule has 0 fully saturated rings. The normalized spacial score (nSPS) is 11.9. The van der Waals surface area contributed by atoms with Crippen molar-refractivity contribution in [2.45, 2.75) is 12.3 Å². The number of hydrogen-bond acceptors (Lipinski definition) is 3. The van der Waals surface area contributed by atoms with Crippen LogP contribution >= 0.6 is 11.6 Å². The van der Waals surface area contributed by atoms with E-state index in [1.807, 2.05) is 0 Å². The van der Waals surface area contributed by atoms with Crippen LogP contribution in [0.1, 0.15) is 17.0 Å². The zero-order valence-corrected chi connectivity index (χ0v) is 12.0. The van der Waals surface area contributed by atoms with Crippen LogP contribution in [0.3, 0.4) is 0 Å². The van der Waals surface area contributed by atoms with Gasteiger partial charge in [0, 0.05) is 22.7 Å². The van der Waals surface area contributed by atoms with Crippen LogP contribution in [0.5, 0.6) is 0 Å². The number of aliphatic carboxylic acids is 1. The summed E-state index contributed by atoms with van der Waals surface area (Å²) in [5.41, 5.74) is 0.309. The molecule has 0 amide bonds. The lowest BCUT2D eigenvalue weighted by Crippen LogP contribution is -2.15. The topological polar surface area (TPSA) is 80.4 Å². The molecule has 0 saturated carbocycles. The maximum Gasteiger partial charge on any atom is 0.311 e. The van der Waals surface area contributed by atoms with Gasteiger partial charge >= 0.3 is 5.97 Å². The number of benzene rings is 2. The maximum atomic E-state index is 13.8. The SMILES string of the molecule is O=C(O)C(Cc1c(F)cccc1Cl)c1ccc([N+](=O)[O-])cc1. The molecule has 2 aromatic carbocycles. The van der Waals surface area contributed by atoms with Crippen molar-refractivity contribution in [1.29, 1.82) is 0 Å². The number of nitro groups is 1. The summed E-state index contributed by atoms with van der Waals surface area (Å²) in [6.07, 6.45) is -0.140. The highest BCUT2D eigenvalue weighted by molar-refractivity contribution is 6.31. The number of carboxylic acid groups (broad SMARTS) is 1. The molecule has 2 aromatic rings. The summed E-state index contributed by atoms with van der Waals surface area (Å²) in [5.74, 6) is -2.79. The van der Waals surface area contributed by atoms with Crippen LogP contribution in [0.15, 0.2) is 42.5 Å². The Morgan fingerprint density at radius 1 is 1.27 bits per heavy atom. The highest BCUT2D eigenvalue weighted by atomic mass is 35.5. The highest BCUT2D eigenvalue weighted by Crippen LogP contribution is 2.28. The predicted octanol–water partition coefficient (Wildman–Crippen LogP) is 3.80. The zero-order valence-electron chi connectivity index (χ0n) is 11.2. The van der Waals surface area contributed by atoms with E-state index in [-0.39, 0.29) is 22.7 Å². The van der Waals surface area contributed by atoms with E-state index in [0.717, 1.165) is 0 Å². The molecule has 0 radical (unpaired) electrons. The Labute approximate surface area is 130 Å². The molecule has 5 nitrogen and oxygen atoms in total. The largest absolute Gasteiger partial charge is 0.481 e. The Morgan fingerprint density at radius 2 is 1.91 bits per heavy atom. The van der Waals surface area contributed by atoms with Gasteiger partial charge in [0.15, 0.2) is 0 Å². The smallest absolute Gasteiger partial charge is 0.311 e. The monoisotopic (exact) mass is 323 g/mol. The lowest BCUT2D eigenvalue weighted by molar-refractivity contribution is -0.384. The van der Waals surface area contributed by atoms with Gasteiger partial charge in [0.1, 0.15) is 5.82 Å². The predicted molar refractivity (Wildman–Crippen MR) is 78.6 cm³/mol. The quantitative estimate of drug-likeness (QED) is 0.670. The van der Waals surface area contributed by atoms with Gasteiger partial charge in [-0.05, 0) is 24.1 Å². The summed E-state index contributed by atoms with van der Waals surface area (Å²) in [4.78, 5) is 21.5. The molecule has 114 valence electrons. The number of carbonyl (C=O) groups is 1. The van der Waals surface area contributed by atoms with E-state index in [0.29, 0.717) is 5.56 Å². The van der Waals surface area contributed by atoms with Crippen LogP contribution in [-0.2, 0) is 11.2 Å². The molecule has 22 heavy (non-hydrogen) atoms. The fourth-order valence-electron chi connectivity index (χ4n) is 2.11. The Hall–Kier alpha value is -2.47. The van der Waals surface area contributed by atoms with Gasteiger partial charge in [0.05, 0.1) is 10.8 Å². The second-order valence-corrected chi connectivity index (χ2v) is 5.05. The minimum absolute atomic E-state index is 0.106. The first-order chi connectivity index (χ1) is 10.4. The Balaban J connectivity index is 2.35. The van der Waals surface area contributed by atoms with Gasteiger partial charge in [0.2, 0.25) is 0 Å². The molecule has 1 atom stereocenters. The molecule has 2 rings (SSSR count). The molecule has 0 bridgehead atoms. The third-order valence-electron chi connectivity index (χ3n) is 3.27. The van der Waals surface area contributed by atoms with Crippen LogP contribution in [-0.4, -0.2) is 16.0 Å². The molecule has 1 N–H and O–H groups in total. The molecule has 7 heteroatoms. The van der Waals surface area contributed by atoms with E-state index in [2.05, 4.69) is 0 Å². The van der Waals surface area contributed by atoms with Crippen molar-refractivity contribution in [3.8, 4) is 0 Å². The van der Waals surface area contributed by atoms with Gasteiger partial charge in [-0.25, -0.2) is 4.39 Å². The maximum absolute atomic E-state index is 13.8. The van der Waals surface area contributed by atoms with Gasteiger partial charge in [-0.3, -0.25) is 14.9 Å². The van der Waals surface area contributed by atoms with Crippen molar-refractivity contribution in [2.75, 3.05) is 0 Å². The summed E-state index contributed by atoms with van der Waals surface area (Å²) in [7, 11) is 0. The molecule has 0 heterocycles. The second kappa shape index (κ2) is 6.53. The number of carboxylic acids is 1. The summed E-state index contributed by atoms with van der Waals surface area (Å²) in [6.45, 7) is 0. The van der Waals surface area contributed by atoms with Crippen molar-refractivity contribution >= 4 is 23.3 Å². The number of hydrogen-bond donors (Lipinski definition) is 1. The van der Waals surface area contributed by atoms with Gasteiger partial charge in [-0.2, -0.15) is 0 Å². The molecular weight excluding hydrogens is 313 g/mol. The van der Waals surface area contributed by atoms with E-state index in [4.69, 9.17) is 11.6 Å². The Kier molecular flexibility index (Phi) is 4.72. The molecular formula is C15H11ClFNO4. The minimum Gasteiger partial charge on any atom is -0.481 e. The third kappa shape index (κ3) is 3.40. The van der Waals surface area contributed by atoms with E-state index in [1.165, 1.54) is 42.5 Å². The number of rotatable bonds is 5. The van der Waals surface area contributed by atoms with Crippen molar-refractivity contribution in [3.63, 3.8) is 0 Å². The fraction of sp³-hybridized carbons (Fsp3) is 0.133. The second-order valence-electron chi connectivity index (χ2n) is 4.64. The van der Waals surface area contributed by atoms with E-state index in [9.17, 15) is 24.4 Å². The molecule has 0 aliphatic rings. The van der Waals surface area contributed by atoms with E-state index < -0.39 is 22.6 Å². The van der Waals surface area contributed by atoms with Gasteiger partial charge < -0.3 is 5.11 Å². The third-order valence-corrected chi connectivity index (χ3v) is 3.63. The van der Waals surface area contributed by atoms with Crippen molar-refractivity contribution in [2.24, 2.45) is 0 Å². The average molecular weight is 324 g/mol. The first-order valence-electron chi connectivity index (χ1n) is 6.30. The first kappa shape index (κ1) is 15.9. The van der Waals surface area contributed by atoms with Gasteiger partial charge in [-0.15, -0.1) is 0 Å². The fourth-order valence-corrected chi connectivity index (χ4v) is 2.35. The van der Waals surface area contributed by atoms with Crippen molar-refractivity contribution < 1.29 is 19.2 Å². The van der Waals surface area contributed by atoms with E-state index >= 15 is 0 Å². The van der Waals surface area contributed by atoms with Gasteiger partial charge in [0.25, 0.3) is 5.69 Å². The molecule has 0 spiro atoms. The summed E-state index contributed by atoms with van der Waals surface area (Å²) < 4.78 is 13.8. The molecule has 0 aliphatic carbocycles. The Morgan fingerprint density at radius 3 is 2.41 bits per heavy atom. The van der Waals surface area contributed by atoms with Crippen molar-refractivity contribution in [3.05, 3.63) is 74.5 Å². The van der Waals surface area contributed by atoms with Crippen LogP contribution in [0, 0.1) is 15.9 Å². The van der Waals surface area contributed by atoms with Crippen LogP contribution in [0.4, 0.5) is 10.1 Å². The van der Waals surface area contributed by atoms with Crippen LogP contribution in [0.2, 0.25) is 5.02 Å². The number of non-ortho nitro benzene ring substituents is 1. The zero-order chi connectivity index (χ0) is 16.3. The summed E-state index contributed by atoms with van der Waals surface area (Å²) in [6, 6.07) is 9.26. The number of nitro benzene ring substituents is 1. The van der Waals surface area contributed by atoms with Crippen LogP contribution < -0.4 is 0 Å². The van der Waals surface area contributed by atoms with Crippen molar-refractivity contribution in [1.82, 2.24) is 0 Å². The number of halogens is 2. The summed E-state index contributed by atoms with van der Waals surface area (Å²) >= 11 is 5.91.